The van der Waals surface area contributed by atoms with E-state index in [4.69, 9.17) is 15.9 Å². The molecular formula is C19H18N4O4. The molecule has 0 saturated carbocycles. The minimum atomic E-state index is -1.23. The van der Waals surface area contributed by atoms with Crippen LogP contribution in [0.15, 0.2) is 18.2 Å². The summed E-state index contributed by atoms with van der Waals surface area (Å²) < 4.78 is 12.0. The number of aliphatic hydroxyl groups is 1. The summed E-state index contributed by atoms with van der Waals surface area (Å²) in [6, 6.07) is 5.29. The van der Waals surface area contributed by atoms with E-state index in [1.165, 1.54) is 0 Å². The molecular weight excluding hydrogens is 348 g/mol. The van der Waals surface area contributed by atoms with Gasteiger partial charge < -0.3 is 24.5 Å². The third-order valence-electron chi connectivity index (χ3n) is 4.08. The number of aliphatic hydroxyl groups excluding tert-OH is 1. The van der Waals surface area contributed by atoms with Crippen molar-refractivity contribution in [3.63, 3.8) is 0 Å². The lowest BCUT2D eigenvalue weighted by atomic mass is 10.2. The fourth-order valence-corrected chi connectivity index (χ4v) is 2.70. The molecule has 0 fully saturated rings. The van der Waals surface area contributed by atoms with E-state index in [1.54, 1.807) is 44.0 Å². The summed E-state index contributed by atoms with van der Waals surface area (Å²) in [5, 5.41) is 12.8. The second-order valence-corrected chi connectivity index (χ2v) is 5.67. The first-order valence-corrected chi connectivity index (χ1v) is 8.00. The van der Waals surface area contributed by atoms with E-state index in [1.807, 2.05) is 0 Å². The number of carbonyl (C=O) groups excluding carboxylic acids is 1. The average Bonchev–Trinajstić information content (AvgIpc) is 2.98. The number of hydrogen-bond donors (Lipinski definition) is 2. The van der Waals surface area contributed by atoms with Gasteiger partial charge in [-0.3, -0.25) is 9.69 Å². The second-order valence-electron chi connectivity index (χ2n) is 5.67. The monoisotopic (exact) mass is 366 g/mol. The molecule has 0 bridgehead atoms. The lowest BCUT2D eigenvalue weighted by Gasteiger charge is -2.31. The topological polar surface area (TPSA) is 88.9 Å². The van der Waals surface area contributed by atoms with Gasteiger partial charge in [-0.2, -0.15) is 0 Å². The van der Waals surface area contributed by atoms with Gasteiger partial charge in [0.1, 0.15) is 0 Å². The molecule has 1 unspecified atom stereocenters. The summed E-state index contributed by atoms with van der Waals surface area (Å²) in [7, 11) is 4.78. The molecule has 1 aromatic heterocycles. The number of imidazole rings is 1. The minimum Gasteiger partial charge on any atom is -0.493 e. The maximum absolute atomic E-state index is 12.6. The minimum absolute atomic E-state index is 0.0235. The highest BCUT2D eigenvalue weighted by molar-refractivity contribution is 5.99. The molecule has 2 aromatic rings. The van der Waals surface area contributed by atoms with E-state index in [0.29, 0.717) is 22.9 Å². The number of nitrogens with one attached hydrogen (secondary N) is 1. The lowest BCUT2D eigenvalue weighted by molar-refractivity contribution is 0.0235. The largest absolute Gasteiger partial charge is 0.493 e. The number of terminal acetylenes is 1. The number of nitrogens with zero attached hydrogens (tertiary/aromatic N) is 3. The van der Waals surface area contributed by atoms with Crippen molar-refractivity contribution in [2.75, 3.05) is 26.1 Å². The maximum Gasteiger partial charge on any atom is 0.278 e. The van der Waals surface area contributed by atoms with E-state index in [-0.39, 0.29) is 18.1 Å². The highest BCUT2D eigenvalue weighted by Crippen LogP contribution is 2.27. The number of aromatic nitrogens is 2. The van der Waals surface area contributed by atoms with Gasteiger partial charge in [0.2, 0.25) is 6.35 Å². The van der Waals surface area contributed by atoms with E-state index in [2.05, 4.69) is 28.1 Å². The molecule has 27 heavy (non-hydrogen) atoms. The summed E-state index contributed by atoms with van der Waals surface area (Å²) in [5.74, 6) is 9.64. The Morgan fingerprint density at radius 2 is 2.04 bits per heavy atom. The number of anilines is 1. The molecule has 1 aliphatic rings. The third-order valence-corrected chi connectivity index (χ3v) is 4.08. The van der Waals surface area contributed by atoms with Gasteiger partial charge in [-0.1, -0.05) is 11.8 Å². The molecule has 1 aromatic carbocycles. The van der Waals surface area contributed by atoms with Crippen molar-refractivity contribution in [1.29, 1.82) is 0 Å². The van der Waals surface area contributed by atoms with E-state index >= 15 is 0 Å². The molecule has 1 aliphatic heterocycles. The first kappa shape index (κ1) is 18.2. The lowest BCUT2D eigenvalue weighted by Crippen LogP contribution is -2.49. The maximum atomic E-state index is 12.6. The summed E-state index contributed by atoms with van der Waals surface area (Å²) in [6.45, 7) is -0.0235. The molecule has 138 valence electrons. The van der Waals surface area contributed by atoms with Gasteiger partial charge >= 0.3 is 0 Å². The normalized spacial score (nSPS) is 15.1. The predicted molar refractivity (Wildman–Crippen MR) is 98.2 cm³/mol. The Hall–Kier alpha value is -3.62. The predicted octanol–water partition coefficient (Wildman–Crippen LogP) is 0.614. The Morgan fingerprint density at radius 1 is 1.30 bits per heavy atom. The van der Waals surface area contributed by atoms with Crippen molar-refractivity contribution >= 4 is 11.7 Å². The highest BCUT2D eigenvalue weighted by atomic mass is 16.5. The van der Waals surface area contributed by atoms with Gasteiger partial charge in [-0.05, 0) is 24.1 Å². The van der Waals surface area contributed by atoms with Crippen LogP contribution in [0.1, 0.15) is 21.9 Å². The van der Waals surface area contributed by atoms with Crippen molar-refractivity contribution < 1.29 is 19.4 Å². The molecule has 1 atom stereocenters. The highest BCUT2D eigenvalue weighted by Gasteiger charge is 2.34. The fourth-order valence-electron chi connectivity index (χ4n) is 2.70. The molecule has 0 spiro atoms. The van der Waals surface area contributed by atoms with Crippen LogP contribution in [0, 0.1) is 24.2 Å². The van der Waals surface area contributed by atoms with E-state index < -0.39 is 12.3 Å². The van der Waals surface area contributed by atoms with Gasteiger partial charge in [0.25, 0.3) is 5.91 Å². The number of benzene rings is 1. The summed E-state index contributed by atoms with van der Waals surface area (Å²) in [6.07, 6.45) is 4.02. The molecule has 8 nitrogen and oxygen atoms in total. The van der Waals surface area contributed by atoms with Crippen LogP contribution in [0.25, 0.3) is 0 Å². The number of hydrogen-bond acceptors (Lipinski definition) is 6. The van der Waals surface area contributed by atoms with Crippen molar-refractivity contribution in [2.24, 2.45) is 7.05 Å². The fraction of sp³-hybridized carbons (Fsp3) is 0.263. The molecule has 2 heterocycles. The molecule has 3 rings (SSSR count). The smallest absolute Gasteiger partial charge is 0.278 e. The number of fused-ring (bicyclic) bond motifs is 1. The van der Waals surface area contributed by atoms with E-state index in [0.717, 1.165) is 4.90 Å². The summed E-state index contributed by atoms with van der Waals surface area (Å²) in [5.41, 5.74) is 0.981. The van der Waals surface area contributed by atoms with Crippen LogP contribution in [0.5, 0.6) is 11.5 Å². The Bertz CT molecular complexity index is 994. The van der Waals surface area contributed by atoms with Crippen LogP contribution in [0.2, 0.25) is 0 Å². The van der Waals surface area contributed by atoms with Crippen molar-refractivity contribution in [3.05, 3.63) is 35.3 Å². The van der Waals surface area contributed by atoms with Crippen LogP contribution in [-0.4, -0.2) is 52.6 Å². The Labute approximate surface area is 156 Å². The zero-order chi connectivity index (χ0) is 19.6. The van der Waals surface area contributed by atoms with Crippen molar-refractivity contribution in [3.8, 4) is 35.7 Å². The molecule has 0 saturated heterocycles. The van der Waals surface area contributed by atoms with Crippen LogP contribution in [0.3, 0.4) is 0 Å². The molecule has 0 aliphatic carbocycles. The van der Waals surface area contributed by atoms with E-state index in [9.17, 15) is 9.90 Å². The zero-order valence-corrected chi connectivity index (χ0v) is 15.1. The Kier molecular flexibility index (Phi) is 4.93. The average molecular weight is 366 g/mol. The number of ether oxygens (including phenoxy) is 2. The van der Waals surface area contributed by atoms with Gasteiger partial charge in [-0.15, -0.1) is 6.42 Å². The van der Waals surface area contributed by atoms with Crippen molar-refractivity contribution in [2.45, 2.75) is 6.35 Å². The quantitative estimate of drug-likeness (QED) is 0.774. The zero-order valence-electron chi connectivity index (χ0n) is 15.1. The van der Waals surface area contributed by atoms with Crippen LogP contribution in [-0.2, 0) is 7.05 Å². The summed E-state index contributed by atoms with van der Waals surface area (Å²) in [4.78, 5) is 18.0. The molecule has 1 amide bonds. The van der Waals surface area contributed by atoms with Gasteiger partial charge in [0, 0.05) is 12.6 Å². The summed E-state index contributed by atoms with van der Waals surface area (Å²) >= 11 is 0. The second kappa shape index (κ2) is 7.32. The Balaban J connectivity index is 1.95. The van der Waals surface area contributed by atoms with Gasteiger partial charge in [0.15, 0.2) is 28.8 Å². The third kappa shape index (κ3) is 3.26. The van der Waals surface area contributed by atoms with Crippen LogP contribution >= 0.6 is 0 Å². The molecule has 8 heteroatoms. The number of carbonyl (C=O) groups is 1. The molecule has 2 N–H and O–H groups in total. The van der Waals surface area contributed by atoms with Gasteiger partial charge in [-0.25, -0.2) is 4.98 Å². The van der Waals surface area contributed by atoms with Gasteiger partial charge in [0.05, 0.1) is 20.8 Å². The number of rotatable bonds is 3. The number of methoxy groups -OCH3 is 2. The van der Waals surface area contributed by atoms with Crippen molar-refractivity contribution in [1.82, 2.24) is 14.5 Å². The molecule has 0 radical (unpaired) electrons. The van der Waals surface area contributed by atoms with Crippen LogP contribution < -0.4 is 14.8 Å². The SMILES string of the molecule is C#CCN1C(=O)c2c(nc(C#Cc3ccc(OC)c(OC)c3)n2C)NC1O. The first-order valence-electron chi connectivity index (χ1n) is 8.00. The Morgan fingerprint density at radius 3 is 2.70 bits per heavy atom. The first-order chi connectivity index (χ1) is 13.0. The number of amides is 1. The standard InChI is InChI=1S/C19H18N4O4/c1-5-10-23-18(24)16-17(21-19(23)25)20-15(22(16)2)9-7-12-6-8-13(26-3)14(11-12)27-4/h1,6,8,11,19,21,25H,10H2,2-4H3. The van der Waals surface area contributed by atoms with Crippen LogP contribution in [0.4, 0.5) is 5.82 Å².